The molecular formula is C12H25N3O. The Labute approximate surface area is 98.6 Å². The van der Waals surface area contributed by atoms with Crippen LogP contribution in [0.3, 0.4) is 0 Å². The molecule has 2 unspecified atom stereocenters. The second-order valence-corrected chi connectivity index (χ2v) is 4.65. The molecular weight excluding hydrogens is 202 g/mol. The standard InChI is InChI=1S/C12H25N3O/c1-3-5-7-14-12(16)15-8-6-11(13)10(4-2)9-15/h10-11H,3-9,13H2,1-2H3,(H,14,16). The van der Waals surface area contributed by atoms with Crippen molar-refractivity contribution in [1.29, 1.82) is 0 Å². The predicted molar refractivity (Wildman–Crippen MR) is 66.3 cm³/mol. The molecule has 0 aromatic heterocycles. The molecule has 16 heavy (non-hydrogen) atoms. The smallest absolute Gasteiger partial charge is 0.317 e. The van der Waals surface area contributed by atoms with E-state index in [0.717, 1.165) is 45.3 Å². The zero-order valence-electron chi connectivity index (χ0n) is 10.5. The van der Waals surface area contributed by atoms with Crippen molar-refractivity contribution in [2.75, 3.05) is 19.6 Å². The van der Waals surface area contributed by atoms with Crippen LogP contribution in [0.1, 0.15) is 39.5 Å². The number of carbonyl (C=O) groups excluding carboxylic acids is 1. The van der Waals surface area contributed by atoms with Crippen molar-refractivity contribution < 1.29 is 4.79 Å². The fraction of sp³-hybridized carbons (Fsp3) is 0.917. The van der Waals surface area contributed by atoms with Crippen molar-refractivity contribution in [3.05, 3.63) is 0 Å². The number of nitrogens with zero attached hydrogens (tertiary/aromatic N) is 1. The molecule has 0 aliphatic carbocycles. The number of unbranched alkanes of at least 4 members (excludes halogenated alkanes) is 1. The normalized spacial score (nSPS) is 25.6. The van der Waals surface area contributed by atoms with Crippen molar-refractivity contribution in [1.82, 2.24) is 10.2 Å². The van der Waals surface area contributed by atoms with Crippen molar-refractivity contribution in [2.45, 2.75) is 45.6 Å². The molecule has 94 valence electrons. The van der Waals surface area contributed by atoms with E-state index in [-0.39, 0.29) is 12.1 Å². The lowest BCUT2D eigenvalue weighted by Crippen LogP contribution is -2.51. The van der Waals surface area contributed by atoms with Crippen molar-refractivity contribution in [3.63, 3.8) is 0 Å². The first kappa shape index (κ1) is 13.3. The lowest BCUT2D eigenvalue weighted by Gasteiger charge is -2.36. The Morgan fingerprint density at radius 1 is 1.50 bits per heavy atom. The van der Waals surface area contributed by atoms with Gasteiger partial charge in [0.2, 0.25) is 0 Å². The van der Waals surface area contributed by atoms with E-state index in [1.54, 1.807) is 0 Å². The second-order valence-electron chi connectivity index (χ2n) is 4.65. The van der Waals surface area contributed by atoms with Crippen LogP contribution in [0.4, 0.5) is 4.79 Å². The van der Waals surface area contributed by atoms with Crippen molar-refractivity contribution in [3.8, 4) is 0 Å². The van der Waals surface area contributed by atoms with E-state index < -0.39 is 0 Å². The number of hydrogen-bond acceptors (Lipinski definition) is 2. The highest BCUT2D eigenvalue weighted by atomic mass is 16.2. The molecule has 2 amide bonds. The van der Waals surface area contributed by atoms with Crippen molar-refractivity contribution in [2.24, 2.45) is 11.7 Å². The maximum absolute atomic E-state index is 11.8. The maximum Gasteiger partial charge on any atom is 0.317 e. The summed E-state index contributed by atoms with van der Waals surface area (Å²) in [5.74, 6) is 0.464. The van der Waals surface area contributed by atoms with Gasteiger partial charge in [0.15, 0.2) is 0 Å². The molecule has 2 atom stereocenters. The summed E-state index contributed by atoms with van der Waals surface area (Å²) in [7, 11) is 0. The highest BCUT2D eigenvalue weighted by Gasteiger charge is 2.27. The van der Waals surface area contributed by atoms with Gasteiger partial charge in [-0.15, -0.1) is 0 Å². The molecule has 4 nitrogen and oxygen atoms in total. The first-order chi connectivity index (χ1) is 7.69. The number of amides is 2. The van der Waals surface area contributed by atoms with Gasteiger partial charge in [-0.05, 0) is 18.8 Å². The minimum absolute atomic E-state index is 0.0822. The van der Waals surface area contributed by atoms with Crippen molar-refractivity contribution >= 4 is 6.03 Å². The Hall–Kier alpha value is -0.770. The van der Waals surface area contributed by atoms with Gasteiger partial charge in [0.05, 0.1) is 0 Å². The van der Waals surface area contributed by atoms with Gasteiger partial charge in [0, 0.05) is 25.7 Å². The molecule has 1 heterocycles. The van der Waals surface area contributed by atoms with Gasteiger partial charge < -0.3 is 16.0 Å². The van der Waals surface area contributed by atoms with Gasteiger partial charge in [0.1, 0.15) is 0 Å². The average Bonchev–Trinajstić information content (AvgIpc) is 2.30. The maximum atomic E-state index is 11.8. The summed E-state index contributed by atoms with van der Waals surface area (Å²) in [4.78, 5) is 13.7. The molecule has 1 saturated heterocycles. The van der Waals surface area contributed by atoms with E-state index in [1.165, 1.54) is 0 Å². The number of urea groups is 1. The zero-order valence-corrected chi connectivity index (χ0v) is 10.5. The van der Waals surface area contributed by atoms with Gasteiger partial charge in [0.25, 0.3) is 0 Å². The third kappa shape index (κ3) is 3.67. The van der Waals surface area contributed by atoms with Crippen LogP contribution >= 0.6 is 0 Å². The molecule has 0 spiro atoms. The summed E-state index contributed by atoms with van der Waals surface area (Å²) >= 11 is 0. The lowest BCUT2D eigenvalue weighted by atomic mass is 9.91. The Kier molecular flexibility index (Phi) is 5.60. The minimum Gasteiger partial charge on any atom is -0.338 e. The summed E-state index contributed by atoms with van der Waals surface area (Å²) < 4.78 is 0. The van der Waals surface area contributed by atoms with E-state index in [9.17, 15) is 4.79 Å². The van der Waals surface area contributed by atoms with Crippen LogP contribution in [0, 0.1) is 5.92 Å². The molecule has 0 aromatic carbocycles. The summed E-state index contributed by atoms with van der Waals surface area (Å²) in [6, 6.07) is 0.350. The number of nitrogens with one attached hydrogen (secondary N) is 1. The van der Waals surface area contributed by atoms with E-state index in [2.05, 4.69) is 19.2 Å². The Morgan fingerprint density at radius 2 is 2.25 bits per heavy atom. The summed E-state index contributed by atoms with van der Waals surface area (Å²) in [5.41, 5.74) is 6.02. The Balaban J connectivity index is 2.33. The SMILES string of the molecule is CCCCNC(=O)N1CCC(N)C(CC)C1. The molecule has 1 aliphatic rings. The summed E-state index contributed by atoms with van der Waals surface area (Å²) in [6.07, 6.45) is 4.15. The van der Waals surface area contributed by atoms with Crippen LogP contribution in [0.25, 0.3) is 0 Å². The average molecular weight is 227 g/mol. The molecule has 1 fully saturated rings. The van der Waals surface area contributed by atoms with E-state index in [4.69, 9.17) is 5.73 Å². The van der Waals surface area contributed by atoms with E-state index >= 15 is 0 Å². The van der Waals surface area contributed by atoms with Crippen LogP contribution in [-0.4, -0.2) is 36.6 Å². The van der Waals surface area contributed by atoms with Crippen LogP contribution in [0.5, 0.6) is 0 Å². The molecule has 3 N–H and O–H groups in total. The number of nitrogens with two attached hydrogens (primary N) is 1. The second kappa shape index (κ2) is 6.74. The fourth-order valence-electron chi connectivity index (χ4n) is 2.15. The first-order valence-corrected chi connectivity index (χ1v) is 6.47. The van der Waals surface area contributed by atoms with Crippen LogP contribution < -0.4 is 11.1 Å². The largest absolute Gasteiger partial charge is 0.338 e. The quantitative estimate of drug-likeness (QED) is 0.716. The van der Waals surface area contributed by atoms with Gasteiger partial charge >= 0.3 is 6.03 Å². The molecule has 0 saturated carbocycles. The topological polar surface area (TPSA) is 58.4 Å². The third-order valence-electron chi connectivity index (χ3n) is 3.41. The number of hydrogen-bond donors (Lipinski definition) is 2. The highest BCUT2D eigenvalue weighted by molar-refractivity contribution is 5.74. The van der Waals surface area contributed by atoms with Gasteiger partial charge in [-0.3, -0.25) is 0 Å². The molecule has 1 aliphatic heterocycles. The Morgan fingerprint density at radius 3 is 2.88 bits per heavy atom. The van der Waals surface area contributed by atoms with Gasteiger partial charge in [-0.25, -0.2) is 4.79 Å². The number of carbonyl (C=O) groups is 1. The number of rotatable bonds is 4. The Bertz CT molecular complexity index is 220. The third-order valence-corrected chi connectivity index (χ3v) is 3.41. The highest BCUT2D eigenvalue weighted by Crippen LogP contribution is 2.18. The van der Waals surface area contributed by atoms with Crippen LogP contribution in [0.2, 0.25) is 0 Å². The molecule has 0 bridgehead atoms. The molecule has 0 aromatic rings. The molecule has 0 radical (unpaired) electrons. The van der Waals surface area contributed by atoms with Gasteiger partial charge in [-0.2, -0.15) is 0 Å². The van der Waals surface area contributed by atoms with Gasteiger partial charge in [-0.1, -0.05) is 26.7 Å². The first-order valence-electron chi connectivity index (χ1n) is 6.47. The van der Waals surface area contributed by atoms with Crippen LogP contribution in [0.15, 0.2) is 0 Å². The minimum atomic E-state index is 0.0822. The molecule has 1 rings (SSSR count). The zero-order chi connectivity index (χ0) is 12.0. The lowest BCUT2D eigenvalue weighted by molar-refractivity contribution is 0.153. The fourth-order valence-corrected chi connectivity index (χ4v) is 2.15. The number of likely N-dealkylation sites (tertiary alicyclic amines) is 1. The summed E-state index contributed by atoms with van der Waals surface area (Å²) in [5, 5.41) is 2.96. The molecule has 4 heteroatoms. The predicted octanol–water partition coefficient (Wildman–Crippen LogP) is 1.56. The monoisotopic (exact) mass is 227 g/mol. The summed E-state index contributed by atoms with van der Waals surface area (Å²) in [6.45, 7) is 6.67. The number of piperidine rings is 1. The van der Waals surface area contributed by atoms with Crippen LogP contribution in [-0.2, 0) is 0 Å². The van der Waals surface area contributed by atoms with E-state index in [0.29, 0.717) is 5.92 Å². The van der Waals surface area contributed by atoms with E-state index in [1.807, 2.05) is 4.90 Å².